The van der Waals surface area contributed by atoms with Crippen molar-refractivity contribution in [3.8, 4) is 0 Å². The Morgan fingerprint density at radius 2 is 1.21 bits per heavy atom. The van der Waals surface area contributed by atoms with E-state index in [1.54, 1.807) is 0 Å². The zero-order chi connectivity index (χ0) is 14.3. The number of benzene rings is 2. The maximum Gasteiger partial charge on any atom is -0.0279 e. The topological polar surface area (TPSA) is 0 Å². The summed E-state index contributed by atoms with van der Waals surface area (Å²) in [6.45, 7) is 10.8. The van der Waals surface area contributed by atoms with E-state index in [0.29, 0.717) is 0 Å². The monoisotopic (exact) mass is 254 g/mol. The molecule has 2 rings (SSSR count). The van der Waals surface area contributed by atoms with Crippen LogP contribution >= 0.6 is 0 Å². The van der Waals surface area contributed by atoms with E-state index in [1.165, 1.54) is 40.7 Å². The Morgan fingerprint density at radius 1 is 0.684 bits per heavy atom. The fourth-order valence-corrected chi connectivity index (χ4v) is 2.06. The lowest BCUT2D eigenvalue weighted by molar-refractivity contribution is 0.913. The van der Waals surface area contributed by atoms with Crippen molar-refractivity contribution in [2.75, 3.05) is 0 Å². The van der Waals surface area contributed by atoms with Crippen molar-refractivity contribution in [1.82, 2.24) is 0 Å². The summed E-state index contributed by atoms with van der Waals surface area (Å²) in [6, 6.07) is 15.0. The maximum absolute atomic E-state index is 2.21. The quantitative estimate of drug-likeness (QED) is 0.658. The van der Waals surface area contributed by atoms with Crippen LogP contribution < -0.4 is 0 Å². The molecule has 2 aromatic carbocycles. The van der Waals surface area contributed by atoms with Gasteiger partial charge in [-0.3, -0.25) is 0 Å². The molecule has 19 heavy (non-hydrogen) atoms. The molecular formula is C19H26. The molecule has 0 heterocycles. The minimum absolute atomic E-state index is 1.21. The highest BCUT2D eigenvalue weighted by molar-refractivity contribution is 5.31. The third-order valence-electron chi connectivity index (χ3n) is 3.66. The van der Waals surface area contributed by atoms with Crippen LogP contribution in [0.1, 0.15) is 41.2 Å². The standard InChI is InChI=1S/C10H14.C9H12/c1-3-6-10-8-5-4-7-9(10)2;1-7-5-4-6-8(2)9(7)3/h4-5,7-8H,3,6H2,1-2H3;4-6H,1-3H3. The lowest BCUT2D eigenvalue weighted by Gasteiger charge is -2.01. The van der Waals surface area contributed by atoms with E-state index in [2.05, 4.69) is 77.1 Å². The Morgan fingerprint density at radius 3 is 1.68 bits per heavy atom. The summed E-state index contributed by atoms with van der Waals surface area (Å²) in [7, 11) is 0. The van der Waals surface area contributed by atoms with E-state index in [0.717, 1.165) is 0 Å². The second-order valence-corrected chi connectivity index (χ2v) is 5.19. The van der Waals surface area contributed by atoms with Crippen molar-refractivity contribution in [1.29, 1.82) is 0 Å². The highest BCUT2D eigenvalue weighted by atomic mass is 14.0. The third kappa shape index (κ3) is 4.90. The number of hydrogen-bond donors (Lipinski definition) is 0. The minimum Gasteiger partial charge on any atom is -0.0651 e. The van der Waals surface area contributed by atoms with Crippen LogP contribution in [-0.4, -0.2) is 0 Å². The van der Waals surface area contributed by atoms with Crippen LogP contribution in [0.15, 0.2) is 42.5 Å². The first-order valence-electron chi connectivity index (χ1n) is 7.13. The second kappa shape index (κ2) is 7.78. The normalized spacial score (nSPS) is 9.74. The van der Waals surface area contributed by atoms with E-state index >= 15 is 0 Å². The molecule has 0 aliphatic rings. The Kier molecular flexibility index (Phi) is 6.35. The van der Waals surface area contributed by atoms with Crippen LogP contribution in [0, 0.1) is 27.7 Å². The van der Waals surface area contributed by atoms with Gasteiger partial charge in [0.15, 0.2) is 0 Å². The van der Waals surface area contributed by atoms with Gasteiger partial charge in [0, 0.05) is 0 Å². The summed E-state index contributed by atoms with van der Waals surface area (Å²) >= 11 is 0. The minimum atomic E-state index is 1.21. The molecule has 0 bridgehead atoms. The van der Waals surface area contributed by atoms with Crippen molar-refractivity contribution >= 4 is 0 Å². The summed E-state index contributed by atoms with van der Waals surface area (Å²) in [4.78, 5) is 0. The molecule has 0 aromatic heterocycles. The van der Waals surface area contributed by atoms with E-state index in [4.69, 9.17) is 0 Å². The zero-order valence-corrected chi connectivity index (χ0v) is 13.0. The van der Waals surface area contributed by atoms with E-state index < -0.39 is 0 Å². The van der Waals surface area contributed by atoms with Crippen LogP contribution in [0.2, 0.25) is 0 Å². The number of aryl methyl sites for hydroxylation is 4. The van der Waals surface area contributed by atoms with Crippen molar-refractivity contribution < 1.29 is 0 Å². The highest BCUT2D eigenvalue weighted by Crippen LogP contribution is 2.10. The van der Waals surface area contributed by atoms with Gasteiger partial charge in [0.1, 0.15) is 0 Å². The fraction of sp³-hybridized carbons (Fsp3) is 0.368. The first-order valence-corrected chi connectivity index (χ1v) is 7.13. The molecule has 0 fully saturated rings. The number of rotatable bonds is 2. The summed E-state index contributed by atoms with van der Waals surface area (Å²) in [5.74, 6) is 0. The molecule has 0 N–H and O–H groups in total. The molecule has 0 radical (unpaired) electrons. The SMILES string of the molecule is CCCc1ccccc1C.Cc1cccc(C)c1C. The van der Waals surface area contributed by atoms with Gasteiger partial charge < -0.3 is 0 Å². The van der Waals surface area contributed by atoms with Gasteiger partial charge in [-0.15, -0.1) is 0 Å². The summed E-state index contributed by atoms with van der Waals surface area (Å²) in [5, 5.41) is 0. The van der Waals surface area contributed by atoms with Gasteiger partial charge >= 0.3 is 0 Å². The van der Waals surface area contributed by atoms with Gasteiger partial charge in [-0.1, -0.05) is 55.8 Å². The van der Waals surface area contributed by atoms with E-state index in [-0.39, 0.29) is 0 Å². The van der Waals surface area contributed by atoms with Crippen molar-refractivity contribution in [2.45, 2.75) is 47.5 Å². The van der Waals surface area contributed by atoms with Gasteiger partial charge in [0.05, 0.1) is 0 Å². The first-order chi connectivity index (χ1) is 9.06. The number of hydrogen-bond acceptors (Lipinski definition) is 0. The fourth-order valence-electron chi connectivity index (χ4n) is 2.06. The molecule has 102 valence electrons. The predicted molar refractivity (Wildman–Crippen MR) is 85.8 cm³/mol. The Bertz CT molecular complexity index is 489. The van der Waals surface area contributed by atoms with E-state index in [9.17, 15) is 0 Å². The molecule has 0 spiro atoms. The summed E-state index contributed by atoms with van der Waals surface area (Å²) in [5.41, 5.74) is 7.09. The second-order valence-electron chi connectivity index (χ2n) is 5.19. The lowest BCUT2D eigenvalue weighted by Crippen LogP contribution is -1.85. The van der Waals surface area contributed by atoms with Crippen molar-refractivity contribution in [3.63, 3.8) is 0 Å². The Labute approximate surface area is 118 Å². The van der Waals surface area contributed by atoms with Gasteiger partial charge in [-0.05, 0) is 61.9 Å². The van der Waals surface area contributed by atoms with Crippen LogP contribution in [0.3, 0.4) is 0 Å². The molecule has 0 aliphatic carbocycles. The molecule has 0 saturated carbocycles. The third-order valence-corrected chi connectivity index (χ3v) is 3.66. The predicted octanol–water partition coefficient (Wildman–Crippen LogP) is 5.56. The molecule has 0 atom stereocenters. The van der Waals surface area contributed by atoms with Crippen LogP contribution in [0.25, 0.3) is 0 Å². The van der Waals surface area contributed by atoms with Crippen LogP contribution in [0.5, 0.6) is 0 Å². The Balaban J connectivity index is 0.000000191. The maximum atomic E-state index is 2.21. The van der Waals surface area contributed by atoms with Gasteiger partial charge in [0.25, 0.3) is 0 Å². The molecule has 0 nitrogen and oxygen atoms in total. The molecule has 0 unspecified atom stereocenters. The molecule has 0 heteroatoms. The molecule has 0 amide bonds. The average molecular weight is 254 g/mol. The zero-order valence-electron chi connectivity index (χ0n) is 13.0. The first kappa shape index (κ1) is 15.5. The Hall–Kier alpha value is -1.56. The van der Waals surface area contributed by atoms with Gasteiger partial charge in [-0.25, -0.2) is 0 Å². The van der Waals surface area contributed by atoms with Crippen molar-refractivity contribution in [2.24, 2.45) is 0 Å². The highest BCUT2D eigenvalue weighted by Gasteiger charge is 1.92. The van der Waals surface area contributed by atoms with Gasteiger partial charge in [0.2, 0.25) is 0 Å². The molecular weight excluding hydrogens is 228 g/mol. The molecule has 2 aromatic rings. The largest absolute Gasteiger partial charge is 0.0651 e. The van der Waals surface area contributed by atoms with Crippen molar-refractivity contribution in [3.05, 3.63) is 70.3 Å². The summed E-state index contributed by atoms with van der Waals surface area (Å²) in [6.07, 6.45) is 2.46. The van der Waals surface area contributed by atoms with Crippen LogP contribution in [-0.2, 0) is 6.42 Å². The smallest absolute Gasteiger partial charge is 0.0279 e. The average Bonchev–Trinajstić information content (AvgIpc) is 2.40. The molecule has 0 saturated heterocycles. The van der Waals surface area contributed by atoms with Crippen LogP contribution in [0.4, 0.5) is 0 Å². The van der Waals surface area contributed by atoms with Gasteiger partial charge in [-0.2, -0.15) is 0 Å². The van der Waals surface area contributed by atoms with E-state index in [1.807, 2.05) is 0 Å². The summed E-state index contributed by atoms with van der Waals surface area (Å²) < 4.78 is 0. The molecule has 0 aliphatic heterocycles. The lowest BCUT2D eigenvalue weighted by atomic mass is 10.1.